The van der Waals surface area contributed by atoms with Crippen molar-refractivity contribution in [3.63, 3.8) is 0 Å². The summed E-state index contributed by atoms with van der Waals surface area (Å²) in [4.78, 5) is 12.0. The molecule has 2 rings (SSSR count). The lowest BCUT2D eigenvalue weighted by molar-refractivity contribution is -0.123. The van der Waals surface area contributed by atoms with E-state index in [1.54, 1.807) is 0 Å². The van der Waals surface area contributed by atoms with Crippen molar-refractivity contribution in [3.8, 4) is 0 Å². The highest BCUT2D eigenvalue weighted by molar-refractivity contribution is 5.86. The van der Waals surface area contributed by atoms with Gasteiger partial charge in [0.2, 0.25) is 5.91 Å². The second-order valence-electron chi connectivity index (χ2n) is 4.44. The van der Waals surface area contributed by atoms with Crippen LogP contribution in [-0.2, 0) is 4.79 Å². The molecule has 0 aliphatic carbocycles. The normalized spacial score (nSPS) is 19.6. The Morgan fingerprint density at radius 1 is 1.50 bits per heavy atom. The number of fused-ring (bicyclic) bond motifs is 1. The molecule has 2 atom stereocenters. The van der Waals surface area contributed by atoms with Gasteiger partial charge >= 0.3 is 0 Å². The van der Waals surface area contributed by atoms with Crippen molar-refractivity contribution >= 4 is 11.6 Å². The predicted molar refractivity (Wildman–Crippen MR) is 68.4 cm³/mol. The van der Waals surface area contributed by atoms with Crippen LogP contribution in [0.2, 0.25) is 0 Å². The lowest BCUT2D eigenvalue weighted by Gasteiger charge is -2.26. The molecular formula is C13H18N2O3. The van der Waals surface area contributed by atoms with E-state index in [0.717, 1.165) is 24.2 Å². The molecule has 1 aromatic rings. The van der Waals surface area contributed by atoms with Gasteiger partial charge in [-0.1, -0.05) is 18.2 Å². The minimum Gasteiger partial charge on any atom is -0.394 e. The highest BCUT2D eigenvalue weighted by Crippen LogP contribution is 2.31. The maximum absolute atomic E-state index is 12.0. The van der Waals surface area contributed by atoms with Gasteiger partial charge in [-0.25, -0.2) is 0 Å². The topological polar surface area (TPSA) is 81.6 Å². The molecule has 1 aliphatic rings. The summed E-state index contributed by atoms with van der Waals surface area (Å²) in [6.45, 7) is 0.502. The number of para-hydroxylation sites is 1. The van der Waals surface area contributed by atoms with Gasteiger partial charge in [0.25, 0.3) is 0 Å². The molecule has 0 bridgehead atoms. The number of anilines is 1. The van der Waals surface area contributed by atoms with Crippen LogP contribution in [0.15, 0.2) is 24.3 Å². The number of amides is 1. The van der Waals surface area contributed by atoms with Crippen LogP contribution in [0, 0.1) is 0 Å². The van der Waals surface area contributed by atoms with E-state index < -0.39 is 6.10 Å². The van der Waals surface area contributed by atoms with Gasteiger partial charge in [-0.15, -0.1) is 0 Å². The van der Waals surface area contributed by atoms with Gasteiger partial charge in [0.1, 0.15) is 0 Å². The van der Waals surface area contributed by atoms with Gasteiger partial charge in [0, 0.05) is 18.8 Å². The highest BCUT2D eigenvalue weighted by Gasteiger charge is 2.26. The molecule has 0 spiro atoms. The minimum absolute atomic E-state index is 0.0848. The Bertz CT molecular complexity index is 422. The number of aliphatic hydroxyl groups excluding tert-OH is 2. The third kappa shape index (κ3) is 2.80. The number of carbonyl (C=O) groups is 1. The Morgan fingerprint density at radius 2 is 2.28 bits per heavy atom. The van der Waals surface area contributed by atoms with Crippen LogP contribution in [0.1, 0.15) is 17.9 Å². The molecule has 18 heavy (non-hydrogen) atoms. The van der Waals surface area contributed by atoms with Crippen molar-refractivity contribution < 1.29 is 15.0 Å². The van der Waals surface area contributed by atoms with Crippen molar-refractivity contribution in [2.45, 2.75) is 18.4 Å². The molecule has 1 aromatic carbocycles. The summed E-state index contributed by atoms with van der Waals surface area (Å²) in [6, 6.07) is 7.74. The highest BCUT2D eigenvalue weighted by atomic mass is 16.3. The summed E-state index contributed by atoms with van der Waals surface area (Å²) < 4.78 is 0. The van der Waals surface area contributed by atoms with E-state index >= 15 is 0 Å². The van der Waals surface area contributed by atoms with Crippen LogP contribution in [0.25, 0.3) is 0 Å². The van der Waals surface area contributed by atoms with Crippen LogP contribution in [0.3, 0.4) is 0 Å². The molecule has 1 heterocycles. The molecular weight excluding hydrogens is 232 g/mol. The van der Waals surface area contributed by atoms with E-state index in [1.165, 1.54) is 0 Å². The van der Waals surface area contributed by atoms with Gasteiger partial charge < -0.3 is 20.8 Å². The van der Waals surface area contributed by atoms with Gasteiger partial charge in [0.15, 0.2) is 0 Å². The van der Waals surface area contributed by atoms with Gasteiger partial charge in [-0.3, -0.25) is 4.79 Å². The fourth-order valence-corrected chi connectivity index (χ4v) is 2.15. The fourth-order valence-electron chi connectivity index (χ4n) is 2.15. The van der Waals surface area contributed by atoms with Crippen LogP contribution in [-0.4, -0.2) is 41.9 Å². The Labute approximate surface area is 106 Å². The SMILES string of the molecule is O=C(NCC(O)CO)C1CCNc2ccccc21. The first kappa shape index (κ1) is 12.9. The molecule has 0 fully saturated rings. The number of aliphatic hydroxyl groups is 2. The first-order valence-electron chi connectivity index (χ1n) is 6.12. The zero-order valence-corrected chi connectivity index (χ0v) is 10.1. The molecule has 0 radical (unpaired) electrons. The molecule has 0 saturated heterocycles. The number of benzene rings is 1. The number of nitrogens with one attached hydrogen (secondary N) is 2. The first-order valence-corrected chi connectivity index (χ1v) is 6.12. The molecule has 1 aliphatic heterocycles. The summed E-state index contributed by atoms with van der Waals surface area (Å²) in [5.41, 5.74) is 1.98. The van der Waals surface area contributed by atoms with Crippen LogP contribution in [0.4, 0.5) is 5.69 Å². The number of rotatable bonds is 4. The maximum atomic E-state index is 12.0. The molecule has 1 amide bonds. The number of hydrogen-bond acceptors (Lipinski definition) is 4. The smallest absolute Gasteiger partial charge is 0.227 e. The third-order valence-electron chi connectivity index (χ3n) is 3.12. The van der Waals surface area contributed by atoms with E-state index in [2.05, 4.69) is 10.6 Å². The second kappa shape index (κ2) is 5.84. The number of hydrogen-bond donors (Lipinski definition) is 4. The molecule has 4 N–H and O–H groups in total. The largest absolute Gasteiger partial charge is 0.394 e. The van der Waals surface area contributed by atoms with Crippen molar-refractivity contribution in [1.29, 1.82) is 0 Å². The van der Waals surface area contributed by atoms with E-state index in [0.29, 0.717) is 0 Å². The molecule has 2 unspecified atom stereocenters. The first-order chi connectivity index (χ1) is 8.72. The average molecular weight is 250 g/mol. The lowest BCUT2D eigenvalue weighted by Crippen LogP contribution is -2.38. The minimum atomic E-state index is -0.897. The van der Waals surface area contributed by atoms with Crippen LogP contribution in [0.5, 0.6) is 0 Å². The molecule has 5 heteroatoms. The van der Waals surface area contributed by atoms with Crippen molar-refractivity contribution in [1.82, 2.24) is 5.32 Å². The van der Waals surface area contributed by atoms with Crippen LogP contribution < -0.4 is 10.6 Å². The Hall–Kier alpha value is -1.59. The fraction of sp³-hybridized carbons (Fsp3) is 0.462. The zero-order chi connectivity index (χ0) is 13.0. The number of carbonyl (C=O) groups excluding carboxylic acids is 1. The van der Waals surface area contributed by atoms with E-state index in [4.69, 9.17) is 5.11 Å². The quantitative estimate of drug-likeness (QED) is 0.609. The van der Waals surface area contributed by atoms with Crippen molar-refractivity contribution in [2.75, 3.05) is 25.0 Å². The second-order valence-corrected chi connectivity index (χ2v) is 4.44. The Kier molecular flexibility index (Phi) is 4.17. The summed E-state index contributed by atoms with van der Waals surface area (Å²) in [5.74, 6) is -0.287. The predicted octanol–water partition coefficient (Wildman–Crippen LogP) is 0.0552. The van der Waals surface area contributed by atoms with Gasteiger partial charge in [-0.2, -0.15) is 0 Å². The molecule has 0 saturated carbocycles. The summed E-state index contributed by atoms with van der Waals surface area (Å²) in [6.07, 6.45) is -0.163. The van der Waals surface area contributed by atoms with E-state index in [-0.39, 0.29) is 25.0 Å². The summed E-state index contributed by atoms with van der Waals surface area (Å²) in [7, 11) is 0. The molecule has 98 valence electrons. The molecule has 5 nitrogen and oxygen atoms in total. The average Bonchev–Trinajstić information content (AvgIpc) is 2.43. The monoisotopic (exact) mass is 250 g/mol. The third-order valence-corrected chi connectivity index (χ3v) is 3.12. The summed E-state index contributed by atoms with van der Waals surface area (Å²) in [5, 5.41) is 23.8. The van der Waals surface area contributed by atoms with E-state index in [1.807, 2.05) is 24.3 Å². The van der Waals surface area contributed by atoms with Gasteiger partial charge in [0.05, 0.1) is 18.6 Å². The van der Waals surface area contributed by atoms with Gasteiger partial charge in [-0.05, 0) is 18.1 Å². The van der Waals surface area contributed by atoms with Crippen molar-refractivity contribution in [3.05, 3.63) is 29.8 Å². The Morgan fingerprint density at radius 3 is 3.06 bits per heavy atom. The lowest BCUT2D eigenvalue weighted by atomic mass is 9.90. The zero-order valence-electron chi connectivity index (χ0n) is 10.1. The van der Waals surface area contributed by atoms with Crippen molar-refractivity contribution in [2.24, 2.45) is 0 Å². The maximum Gasteiger partial charge on any atom is 0.227 e. The summed E-state index contributed by atoms with van der Waals surface area (Å²) >= 11 is 0. The van der Waals surface area contributed by atoms with E-state index in [9.17, 15) is 9.90 Å². The van der Waals surface area contributed by atoms with Crippen LogP contribution >= 0.6 is 0 Å². The standard InChI is InChI=1S/C13H18N2O3/c16-8-9(17)7-15-13(18)11-5-6-14-12-4-2-1-3-10(11)12/h1-4,9,11,14,16-17H,5-8H2,(H,15,18). The Balaban J connectivity index is 2.04. The molecule has 0 aromatic heterocycles.